The first-order valence-corrected chi connectivity index (χ1v) is 11.6. The van der Waals surface area contributed by atoms with Crippen LogP contribution in [0.2, 0.25) is 0 Å². The molecule has 0 aliphatic carbocycles. The van der Waals surface area contributed by atoms with E-state index in [2.05, 4.69) is 11.8 Å². The number of hydrogen-bond acceptors (Lipinski definition) is 5. The lowest BCUT2D eigenvalue weighted by molar-refractivity contribution is -0.133. The topological polar surface area (TPSA) is 60.9 Å². The number of carbonyl (C=O) groups excluding carboxylic acids is 1. The Labute approximate surface area is 154 Å². The predicted octanol–water partition coefficient (Wildman–Crippen LogP) is 1.25. The number of thiophene rings is 1. The largest absolute Gasteiger partial charge is 0.340 e. The summed E-state index contributed by atoms with van der Waals surface area (Å²) < 4.78 is 25.3. The molecule has 3 rings (SSSR count). The van der Waals surface area contributed by atoms with Crippen LogP contribution in [-0.2, 0) is 21.2 Å². The molecule has 25 heavy (non-hydrogen) atoms. The van der Waals surface area contributed by atoms with Crippen molar-refractivity contribution in [3.63, 3.8) is 0 Å². The molecule has 2 fully saturated rings. The third kappa shape index (κ3) is 4.07. The fourth-order valence-electron chi connectivity index (χ4n) is 3.98. The lowest BCUT2D eigenvalue weighted by atomic mass is 9.92. The molecule has 8 heteroatoms. The number of carbonyl (C=O) groups is 1. The third-order valence-corrected chi connectivity index (χ3v) is 7.64. The number of rotatable bonds is 5. The minimum Gasteiger partial charge on any atom is -0.340 e. The van der Waals surface area contributed by atoms with E-state index in [1.807, 2.05) is 21.7 Å². The van der Waals surface area contributed by atoms with Gasteiger partial charge in [0.2, 0.25) is 15.9 Å². The van der Waals surface area contributed by atoms with Crippen molar-refractivity contribution in [3.05, 3.63) is 22.4 Å². The van der Waals surface area contributed by atoms with E-state index >= 15 is 0 Å². The summed E-state index contributed by atoms with van der Waals surface area (Å²) in [4.78, 5) is 16.8. The molecule has 140 valence electrons. The molecule has 0 saturated carbocycles. The van der Waals surface area contributed by atoms with Crippen molar-refractivity contribution in [2.45, 2.75) is 31.7 Å². The van der Waals surface area contributed by atoms with E-state index in [1.54, 1.807) is 15.6 Å². The van der Waals surface area contributed by atoms with Crippen LogP contribution in [0, 0.1) is 0 Å². The van der Waals surface area contributed by atoms with Gasteiger partial charge in [0.05, 0.1) is 12.7 Å². The standard InChI is InChI=1S/C17H27N3O3S2/c1-3-17(5-6-20(14-17)25(2,22)23)19-9-7-18(8-10-19)16(21)12-15-4-11-24-13-15/h4,11,13H,3,5-10,12,14H2,1-2H3. The summed E-state index contributed by atoms with van der Waals surface area (Å²) in [7, 11) is -3.13. The summed E-state index contributed by atoms with van der Waals surface area (Å²) in [6.07, 6.45) is 3.57. The quantitative estimate of drug-likeness (QED) is 0.765. The Morgan fingerprint density at radius 3 is 2.48 bits per heavy atom. The molecule has 0 spiro atoms. The van der Waals surface area contributed by atoms with Crippen molar-refractivity contribution in [1.82, 2.24) is 14.1 Å². The van der Waals surface area contributed by atoms with Crippen molar-refractivity contribution in [2.24, 2.45) is 0 Å². The maximum Gasteiger partial charge on any atom is 0.227 e. The van der Waals surface area contributed by atoms with Gasteiger partial charge in [-0.2, -0.15) is 11.3 Å². The summed E-state index contributed by atoms with van der Waals surface area (Å²) in [5.74, 6) is 0.188. The number of piperazine rings is 1. The molecule has 1 aromatic heterocycles. The van der Waals surface area contributed by atoms with Gasteiger partial charge in [-0.1, -0.05) is 6.92 Å². The Kier molecular flexibility index (Phi) is 5.53. The number of nitrogens with zero attached hydrogens (tertiary/aromatic N) is 3. The number of sulfonamides is 1. The fraction of sp³-hybridized carbons (Fsp3) is 0.706. The molecule has 0 N–H and O–H groups in total. The number of amides is 1. The van der Waals surface area contributed by atoms with Crippen LogP contribution in [0.5, 0.6) is 0 Å². The van der Waals surface area contributed by atoms with Crippen molar-refractivity contribution in [2.75, 3.05) is 45.5 Å². The molecule has 1 atom stereocenters. The highest BCUT2D eigenvalue weighted by atomic mass is 32.2. The summed E-state index contributed by atoms with van der Waals surface area (Å²) >= 11 is 1.62. The first kappa shape index (κ1) is 18.8. The normalized spacial score (nSPS) is 26.2. The van der Waals surface area contributed by atoms with E-state index in [0.717, 1.165) is 44.6 Å². The van der Waals surface area contributed by atoms with Crippen LogP contribution in [0.1, 0.15) is 25.3 Å². The third-order valence-electron chi connectivity index (χ3n) is 5.66. The monoisotopic (exact) mass is 385 g/mol. The SMILES string of the molecule is CCC1(N2CCN(C(=O)Cc3ccsc3)CC2)CCN(S(C)(=O)=O)C1. The van der Waals surface area contributed by atoms with Gasteiger partial charge >= 0.3 is 0 Å². The molecule has 6 nitrogen and oxygen atoms in total. The Balaban J connectivity index is 1.58. The summed E-state index contributed by atoms with van der Waals surface area (Å²) in [5, 5.41) is 4.03. The maximum atomic E-state index is 12.5. The zero-order valence-electron chi connectivity index (χ0n) is 15.0. The molecule has 1 unspecified atom stereocenters. The lowest BCUT2D eigenvalue weighted by Crippen LogP contribution is -2.59. The maximum absolute atomic E-state index is 12.5. The van der Waals surface area contributed by atoms with E-state index in [9.17, 15) is 13.2 Å². The van der Waals surface area contributed by atoms with E-state index in [0.29, 0.717) is 19.5 Å². The molecule has 0 radical (unpaired) electrons. The molecule has 1 amide bonds. The fourth-order valence-corrected chi connectivity index (χ4v) is 5.55. The zero-order valence-corrected chi connectivity index (χ0v) is 16.6. The zero-order chi connectivity index (χ0) is 18.1. The Morgan fingerprint density at radius 1 is 1.24 bits per heavy atom. The second-order valence-corrected chi connectivity index (χ2v) is 9.86. The van der Waals surface area contributed by atoms with E-state index in [4.69, 9.17) is 0 Å². The Bertz CT molecular complexity index is 697. The Hall–Kier alpha value is -0.960. The molecule has 2 aliphatic rings. The van der Waals surface area contributed by atoms with E-state index in [1.165, 1.54) is 6.26 Å². The average molecular weight is 386 g/mol. The molecule has 1 aromatic rings. The molecule has 2 aliphatic heterocycles. The first-order chi connectivity index (χ1) is 11.8. The van der Waals surface area contributed by atoms with Gasteiger partial charge in [-0.15, -0.1) is 0 Å². The van der Waals surface area contributed by atoms with Crippen molar-refractivity contribution >= 4 is 27.3 Å². The first-order valence-electron chi connectivity index (χ1n) is 8.83. The minimum atomic E-state index is -3.13. The van der Waals surface area contributed by atoms with Gasteiger partial charge in [-0.05, 0) is 35.2 Å². The van der Waals surface area contributed by atoms with Crippen LogP contribution in [0.3, 0.4) is 0 Å². The smallest absolute Gasteiger partial charge is 0.227 e. The van der Waals surface area contributed by atoms with Crippen molar-refractivity contribution < 1.29 is 13.2 Å². The van der Waals surface area contributed by atoms with Gasteiger partial charge in [0.15, 0.2) is 0 Å². The molecule has 0 aromatic carbocycles. The molecule has 0 bridgehead atoms. The van der Waals surface area contributed by atoms with Gasteiger partial charge in [0.25, 0.3) is 0 Å². The van der Waals surface area contributed by atoms with Crippen LogP contribution >= 0.6 is 11.3 Å². The molecule has 3 heterocycles. The highest BCUT2D eigenvalue weighted by Gasteiger charge is 2.45. The molecular formula is C17H27N3O3S2. The predicted molar refractivity (Wildman–Crippen MR) is 100 cm³/mol. The van der Waals surface area contributed by atoms with Crippen LogP contribution < -0.4 is 0 Å². The summed E-state index contributed by atoms with van der Waals surface area (Å²) in [6, 6.07) is 2.00. The van der Waals surface area contributed by atoms with Gasteiger partial charge in [-0.3, -0.25) is 9.69 Å². The van der Waals surface area contributed by atoms with Gasteiger partial charge in [0.1, 0.15) is 0 Å². The average Bonchev–Trinajstić information content (AvgIpc) is 3.24. The van der Waals surface area contributed by atoms with Crippen LogP contribution in [0.4, 0.5) is 0 Å². The van der Waals surface area contributed by atoms with Crippen molar-refractivity contribution in [3.8, 4) is 0 Å². The van der Waals surface area contributed by atoms with E-state index < -0.39 is 10.0 Å². The second-order valence-electron chi connectivity index (χ2n) is 7.10. The van der Waals surface area contributed by atoms with Crippen LogP contribution in [-0.4, -0.2) is 79.5 Å². The number of hydrogen-bond donors (Lipinski definition) is 0. The van der Waals surface area contributed by atoms with Crippen LogP contribution in [0.25, 0.3) is 0 Å². The highest BCUT2D eigenvalue weighted by Crippen LogP contribution is 2.33. The van der Waals surface area contributed by atoms with Gasteiger partial charge in [-0.25, -0.2) is 12.7 Å². The molecule has 2 saturated heterocycles. The second kappa shape index (κ2) is 7.34. The van der Waals surface area contributed by atoms with E-state index in [-0.39, 0.29) is 11.4 Å². The Morgan fingerprint density at radius 2 is 1.96 bits per heavy atom. The highest BCUT2D eigenvalue weighted by molar-refractivity contribution is 7.88. The van der Waals surface area contributed by atoms with Crippen molar-refractivity contribution in [1.29, 1.82) is 0 Å². The summed E-state index contributed by atoms with van der Waals surface area (Å²) in [6.45, 7) is 6.41. The molecular weight excluding hydrogens is 358 g/mol. The lowest BCUT2D eigenvalue weighted by Gasteiger charge is -2.45. The summed E-state index contributed by atoms with van der Waals surface area (Å²) in [5.41, 5.74) is 1.01. The van der Waals surface area contributed by atoms with Gasteiger partial charge in [0, 0.05) is 44.8 Å². The van der Waals surface area contributed by atoms with Crippen LogP contribution in [0.15, 0.2) is 16.8 Å². The minimum absolute atomic E-state index is 0.0778. The van der Waals surface area contributed by atoms with Gasteiger partial charge < -0.3 is 4.90 Å².